The molecule has 0 aliphatic carbocycles. The van der Waals surface area contributed by atoms with E-state index in [1.165, 1.54) is 12.0 Å². The maximum Gasteiger partial charge on any atom is 0.115 e. The third kappa shape index (κ3) is 3.24. The van der Waals surface area contributed by atoms with Gasteiger partial charge in [-0.3, -0.25) is 0 Å². The van der Waals surface area contributed by atoms with Gasteiger partial charge in [-0.05, 0) is 44.0 Å². The first-order valence-electron chi connectivity index (χ1n) is 6.78. The lowest BCUT2D eigenvalue weighted by atomic mass is 9.90. The molecule has 0 amide bonds. The number of rotatable bonds is 3. The molecular weight excluding hydrogens is 224 g/mol. The Kier molecular flexibility index (Phi) is 4.25. The maximum atomic E-state index is 9.25. The second-order valence-corrected chi connectivity index (χ2v) is 5.66. The molecule has 1 heterocycles. The molecule has 18 heavy (non-hydrogen) atoms. The topological polar surface area (TPSA) is 35.5 Å². The molecule has 1 aliphatic heterocycles. The van der Waals surface area contributed by atoms with E-state index in [1.54, 1.807) is 12.1 Å². The zero-order chi connectivity index (χ0) is 13.1. The minimum absolute atomic E-state index is 0.333. The third-order valence-electron chi connectivity index (χ3n) is 4.12. The monoisotopic (exact) mass is 248 g/mol. The predicted octanol–water partition coefficient (Wildman–Crippen LogP) is 2.21. The van der Waals surface area contributed by atoms with Crippen LogP contribution in [0.1, 0.15) is 25.8 Å². The van der Waals surface area contributed by atoms with Gasteiger partial charge in [-0.1, -0.05) is 19.1 Å². The lowest BCUT2D eigenvalue weighted by Gasteiger charge is -2.40. The van der Waals surface area contributed by atoms with Gasteiger partial charge in [0.1, 0.15) is 5.75 Å². The summed E-state index contributed by atoms with van der Waals surface area (Å²) in [4.78, 5) is 2.43. The smallest absolute Gasteiger partial charge is 0.115 e. The van der Waals surface area contributed by atoms with Gasteiger partial charge >= 0.3 is 0 Å². The average Bonchev–Trinajstić information content (AvgIpc) is 2.34. The molecule has 0 radical (unpaired) electrons. The van der Waals surface area contributed by atoms with Gasteiger partial charge in [0.25, 0.3) is 0 Å². The Morgan fingerprint density at radius 1 is 1.28 bits per heavy atom. The van der Waals surface area contributed by atoms with Crippen LogP contribution in [0.3, 0.4) is 0 Å². The van der Waals surface area contributed by atoms with Crippen LogP contribution in [0, 0.1) is 5.92 Å². The second-order valence-electron chi connectivity index (χ2n) is 5.66. The van der Waals surface area contributed by atoms with Crippen molar-refractivity contribution in [1.29, 1.82) is 0 Å². The maximum absolute atomic E-state index is 9.25. The molecule has 0 spiro atoms. The van der Waals surface area contributed by atoms with Gasteiger partial charge < -0.3 is 15.3 Å². The summed E-state index contributed by atoms with van der Waals surface area (Å²) >= 11 is 0. The summed E-state index contributed by atoms with van der Waals surface area (Å²) in [6.45, 7) is 6.65. The lowest BCUT2D eigenvalue weighted by Crippen LogP contribution is -2.50. The SMILES string of the molecule is CC1CN(C)C(C)CC1NCc1ccc(O)cc1. The molecular formula is C15H24N2O. The summed E-state index contributed by atoms with van der Waals surface area (Å²) in [6, 6.07) is 8.69. The van der Waals surface area contributed by atoms with Crippen LogP contribution in [0.15, 0.2) is 24.3 Å². The van der Waals surface area contributed by atoms with Crippen molar-refractivity contribution < 1.29 is 5.11 Å². The number of benzene rings is 1. The van der Waals surface area contributed by atoms with E-state index in [9.17, 15) is 5.11 Å². The van der Waals surface area contributed by atoms with Crippen LogP contribution in [-0.2, 0) is 6.54 Å². The van der Waals surface area contributed by atoms with E-state index >= 15 is 0 Å². The van der Waals surface area contributed by atoms with E-state index in [1.807, 2.05) is 12.1 Å². The first-order chi connectivity index (χ1) is 8.56. The van der Waals surface area contributed by atoms with Crippen LogP contribution in [0.5, 0.6) is 5.75 Å². The van der Waals surface area contributed by atoms with E-state index in [-0.39, 0.29) is 0 Å². The highest BCUT2D eigenvalue weighted by atomic mass is 16.3. The molecule has 3 atom stereocenters. The number of nitrogens with zero attached hydrogens (tertiary/aromatic N) is 1. The number of nitrogens with one attached hydrogen (secondary N) is 1. The number of piperidine rings is 1. The molecule has 3 unspecified atom stereocenters. The van der Waals surface area contributed by atoms with Crippen molar-refractivity contribution in [2.75, 3.05) is 13.6 Å². The lowest BCUT2D eigenvalue weighted by molar-refractivity contribution is 0.121. The highest BCUT2D eigenvalue weighted by molar-refractivity contribution is 5.25. The Bertz CT molecular complexity index is 377. The Labute approximate surface area is 110 Å². The quantitative estimate of drug-likeness (QED) is 0.861. The summed E-state index contributed by atoms with van der Waals surface area (Å²) in [5.41, 5.74) is 1.23. The van der Waals surface area contributed by atoms with Crippen molar-refractivity contribution in [3.8, 4) is 5.75 Å². The molecule has 1 aromatic carbocycles. The molecule has 1 fully saturated rings. The van der Waals surface area contributed by atoms with Gasteiger partial charge in [0.15, 0.2) is 0 Å². The highest BCUT2D eigenvalue weighted by Gasteiger charge is 2.28. The minimum atomic E-state index is 0.333. The van der Waals surface area contributed by atoms with Crippen LogP contribution >= 0.6 is 0 Å². The molecule has 1 saturated heterocycles. The Balaban J connectivity index is 1.88. The second kappa shape index (κ2) is 5.72. The van der Waals surface area contributed by atoms with E-state index in [0.29, 0.717) is 23.8 Å². The van der Waals surface area contributed by atoms with E-state index < -0.39 is 0 Å². The first-order valence-corrected chi connectivity index (χ1v) is 6.78. The summed E-state index contributed by atoms with van der Waals surface area (Å²) in [5.74, 6) is 1.02. The first kappa shape index (κ1) is 13.4. The van der Waals surface area contributed by atoms with Gasteiger partial charge in [0.2, 0.25) is 0 Å². The average molecular weight is 248 g/mol. The molecule has 0 saturated carbocycles. The molecule has 2 rings (SSSR count). The van der Waals surface area contributed by atoms with Crippen LogP contribution < -0.4 is 5.32 Å². The zero-order valence-electron chi connectivity index (χ0n) is 11.6. The normalized spacial score (nSPS) is 29.4. The largest absolute Gasteiger partial charge is 0.508 e. The Morgan fingerprint density at radius 3 is 2.61 bits per heavy atom. The molecule has 3 nitrogen and oxygen atoms in total. The molecule has 3 heteroatoms. The summed E-state index contributed by atoms with van der Waals surface area (Å²) in [6.07, 6.45) is 1.20. The van der Waals surface area contributed by atoms with Gasteiger partial charge in [-0.15, -0.1) is 0 Å². The van der Waals surface area contributed by atoms with Crippen molar-refractivity contribution in [3.05, 3.63) is 29.8 Å². The standard InChI is InChI=1S/C15H24N2O/c1-11-10-17(3)12(2)8-15(11)16-9-13-4-6-14(18)7-5-13/h4-7,11-12,15-16,18H,8-10H2,1-3H3. The number of aromatic hydroxyl groups is 1. The number of phenols is 1. The molecule has 2 N–H and O–H groups in total. The van der Waals surface area contributed by atoms with Gasteiger partial charge in [-0.2, -0.15) is 0 Å². The number of hydrogen-bond acceptors (Lipinski definition) is 3. The van der Waals surface area contributed by atoms with E-state index in [0.717, 1.165) is 13.1 Å². The van der Waals surface area contributed by atoms with Crippen molar-refractivity contribution >= 4 is 0 Å². The van der Waals surface area contributed by atoms with Gasteiger partial charge in [0.05, 0.1) is 0 Å². The van der Waals surface area contributed by atoms with Crippen molar-refractivity contribution in [2.24, 2.45) is 5.92 Å². The van der Waals surface area contributed by atoms with Crippen LogP contribution in [0.4, 0.5) is 0 Å². The number of likely N-dealkylation sites (tertiary alicyclic amines) is 1. The van der Waals surface area contributed by atoms with Crippen LogP contribution in [0.2, 0.25) is 0 Å². The summed E-state index contributed by atoms with van der Waals surface area (Å²) in [5, 5.41) is 12.9. The molecule has 1 aliphatic rings. The fraction of sp³-hybridized carbons (Fsp3) is 0.600. The zero-order valence-corrected chi connectivity index (χ0v) is 11.6. The van der Waals surface area contributed by atoms with E-state index in [4.69, 9.17) is 0 Å². The predicted molar refractivity (Wildman–Crippen MR) is 74.6 cm³/mol. The number of hydrogen-bond donors (Lipinski definition) is 2. The fourth-order valence-electron chi connectivity index (χ4n) is 2.69. The molecule has 1 aromatic rings. The van der Waals surface area contributed by atoms with Crippen molar-refractivity contribution in [3.63, 3.8) is 0 Å². The van der Waals surface area contributed by atoms with Crippen molar-refractivity contribution in [1.82, 2.24) is 10.2 Å². The van der Waals surface area contributed by atoms with Crippen LogP contribution in [-0.4, -0.2) is 35.7 Å². The number of phenolic OH excluding ortho intramolecular Hbond substituents is 1. The highest BCUT2D eigenvalue weighted by Crippen LogP contribution is 2.21. The summed E-state index contributed by atoms with van der Waals surface area (Å²) in [7, 11) is 2.21. The van der Waals surface area contributed by atoms with Crippen LogP contribution in [0.25, 0.3) is 0 Å². The molecule has 0 aromatic heterocycles. The molecule has 100 valence electrons. The Hall–Kier alpha value is -1.06. The third-order valence-corrected chi connectivity index (χ3v) is 4.12. The van der Waals surface area contributed by atoms with Gasteiger partial charge in [0, 0.05) is 25.2 Å². The Morgan fingerprint density at radius 2 is 1.94 bits per heavy atom. The van der Waals surface area contributed by atoms with Gasteiger partial charge in [-0.25, -0.2) is 0 Å². The van der Waals surface area contributed by atoms with Crippen molar-refractivity contribution in [2.45, 2.75) is 38.9 Å². The minimum Gasteiger partial charge on any atom is -0.508 e. The molecule has 0 bridgehead atoms. The van der Waals surface area contributed by atoms with E-state index in [2.05, 4.69) is 31.1 Å². The summed E-state index contributed by atoms with van der Waals surface area (Å²) < 4.78 is 0. The fourth-order valence-corrected chi connectivity index (χ4v) is 2.69.